The van der Waals surface area contributed by atoms with Crippen LogP contribution in [0.1, 0.15) is 48.5 Å². The first kappa shape index (κ1) is 16.4. The molecular formula is C12H21NO5. The maximum absolute atomic E-state index is 11.7. The minimum Gasteiger partial charge on any atom is -0.443 e. The molecule has 104 valence electrons. The summed E-state index contributed by atoms with van der Waals surface area (Å²) in [4.78, 5) is 35.1. The summed E-state index contributed by atoms with van der Waals surface area (Å²) >= 11 is 0. The first-order valence-corrected chi connectivity index (χ1v) is 5.60. The molecule has 18 heavy (non-hydrogen) atoms. The zero-order valence-corrected chi connectivity index (χ0v) is 12.0. The van der Waals surface area contributed by atoms with Gasteiger partial charge in [-0.3, -0.25) is 4.79 Å². The maximum Gasteiger partial charge on any atom is 0.426 e. The van der Waals surface area contributed by atoms with Gasteiger partial charge in [-0.2, -0.15) is 0 Å². The second kappa shape index (κ2) is 5.37. The highest BCUT2D eigenvalue weighted by atomic mass is 16.6. The van der Waals surface area contributed by atoms with Crippen LogP contribution < -0.4 is 0 Å². The van der Waals surface area contributed by atoms with E-state index in [1.807, 2.05) is 0 Å². The molecule has 0 spiro atoms. The predicted octanol–water partition coefficient (Wildman–Crippen LogP) is 2.71. The topological polar surface area (TPSA) is 72.9 Å². The summed E-state index contributed by atoms with van der Waals surface area (Å²) in [5, 5.41) is 0. The molecule has 6 heteroatoms. The van der Waals surface area contributed by atoms with Crippen LogP contribution in [-0.4, -0.2) is 34.2 Å². The van der Waals surface area contributed by atoms with Gasteiger partial charge < -0.3 is 9.47 Å². The average molecular weight is 259 g/mol. The molecule has 0 saturated carbocycles. The van der Waals surface area contributed by atoms with E-state index in [-0.39, 0.29) is 0 Å². The molecule has 0 aliphatic heterocycles. The summed E-state index contributed by atoms with van der Waals surface area (Å²) in [5.74, 6) is -0.751. The molecule has 0 atom stereocenters. The number of imide groups is 3. The van der Waals surface area contributed by atoms with Crippen molar-refractivity contribution >= 4 is 18.1 Å². The fourth-order valence-corrected chi connectivity index (χ4v) is 0.947. The van der Waals surface area contributed by atoms with Crippen LogP contribution in [-0.2, 0) is 14.3 Å². The van der Waals surface area contributed by atoms with Gasteiger partial charge in [0.1, 0.15) is 11.2 Å². The quantitative estimate of drug-likeness (QED) is 0.668. The minimum absolute atomic E-state index is 0.344. The van der Waals surface area contributed by atoms with Crippen molar-refractivity contribution in [1.29, 1.82) is 0 Å². The standard InChI is InChI=1S/C12H21NO5/c1-8(14)13(9(15)17-11(2,3)4)10(16)18-12(5,6)7/h1-7H3. The van der Waals surface area contributed by atoms with Crippen LogP contribution in [0, 0.1) is 0 Å². The number of ether oxygens (including phenoxy) is 2. The van der Waals surface area contributed by atoms with Gasteiger partial charge in [0.15, 0.2) is 0 Å². The van der Waals surface area contributed by atoms with Gasteiger partial charge in [-0.05, 0) is 41.5 Å². The zero-order valence-electron chi connectivity index (χ0n) is 12.0. The van der Waals surface area contributed by atoms with Gasteiger partial charge in [-0.25, -0.2) is 9.59 Å². The zero-order chi connectivity index (χ0) is 14.7. The molecule has 0 aromatic heterocycles. The number of rotatable bonds is 0. The lowest BCUT2D eigenvalue weighted by Gasteiger charge is -2.26. The third-order valence-corrected chi connectivity index (χ3v) is 1.47. The molecule has 6 nitrogen and oxygen atoms in total. The molecule has 0 radical (unpaired) electrons. The Morgan fingerprint density at radius 1 is 0.778 bits per heavy atom. The highest BCUT2D eigenvalue weighted by Crippen LogP contribution is 2.14. The molecule has 0 heterocycles. The van der Waals surface area contributed by atoms with Crippen LogP contribution in [0.3, 0.4) is 0 Å². The van der Waals surface area contributed by atoms with Crippen molar-refractivity contribution in [2.75, 3.05) is 0 Å². The van der Waals surface area contributed by atoms with Crippen LogP contribution in [0.15, 0.2) is 0 Å². The van der Waals surface area contributed by atoms with Crippen molar-refractivity contribution in [1.82, 2.24) is 4.90 Å². The molecule has 0 saturated heterocycles. The highest BCUT2D eigenvalue weighted by Gasteiger charge is 2.34. The van der Waals surface area contributed by atoms with Crippen molar-refractivity contribution in [3.63, 3.8) is 0 Å². The van der Waals surface area contributed by atoms with Gasteiger partial charge in [-0.1, -0.05) is 0 Å². The van der Waals surface area contributed by atoms with E-state index in [9.17, 15) is 14.4 Å². The summed E-state index contributed by atoms with van der Waals surface area (Å²) in [6.07, 6.45) is -2.08. The Morgan fingerprint density at radius 3 is 1.22 bits per heavy atom. The van der Waals surface area contributed by atoms with Crippen molar-refractivity contribution in [2.45, 2.75) is 59.7 Å². The first-order chi connectivity index (χ1) is 7.83. The molecule has 0 aliphatic rings. The molecule has 0 bridgehead atoms. The van der Waals surface area contributed by atoms with Gasteiger partial charge in [0.25, 0.3) is 0 Å². The smallest absolute Gasteiger partial charge is 0.426 e. The predicted molar refractivity (Wildman–Crippen MR) is 65.0 cm³/mol. The Hall–Kier alpha value is -1.59. The Labute approximate surface area is 107 Å². The molecule has 0 aromatic rings. The van der Waals surface area contributed by atoms with E-state index >= 15 is 0 Å². The van der Waals surface area contributed by atoms with Gasteiger partial charge in [0.05, 0.1) is 0 Å². The maximum atomic E-state index is 11.7. The molecule has 0 N–H and O–H groups in total. The second-order valence-electron chi connectivity index (χ2n) is 5.82. The van der Waals surface area contributed by atoms with Gasteiger partial charge >= 0.3 is 12.2 Å². The number of hydrogen-bond acceptors (Lipinski definition) is 5. The van der Waals surface area contributed by atoms with Crippen LogP contribution >= 0.6 is 0 Å². The van der Waals surface area contributed by atoms with Crippen molar-refractivity contribution in [3.8, 4) is 0 Å². The Balaban J connectivity index is 4.93. The third kappa shape index (κ3) is 6.22. The molecule has 3 amide bonds. The number of carbonyl (C=O) groups is 3. The van der Waals surface area contributed by atoms with Gasteiger partial charge in [0.2, 0.25) is 5.91 Å². The fourth-order valence-electron chi connectivity index (χ4n) is 0.947. The summed E-state index contributed by atoms with van der Waals surface area (Å²) in [6.45, 7) is 10.9. The van der Waals surface area contributed by atoms with Crippen LogP contribution in [0.25, 0.3) is 0 Å². The Kier molecular flexibility index (Phi) is 4.90. The van der Waals surface area contributed by atoms with Gasteiger partial charge in [-0.15, -0.1) is 4.90 Å². The van der Waals surface area contributed by atoms with Crippen LogP contribution in [0.4, 0.5) is 9.59 Å². The Bertz CT molecular complexity index is 320. The first-order valence-electron chi connectivity index (χ1n) is 5.60. The largest absolute Gasteiger partial charge is 0.443 e. The van der Waals surface area contributed by atoms with Crippen molar-refractivity contribution < 1.29 is 23.9 Å². The van der Waals surface area contributed by atoms with E-state index in [1.165, 1.54) is 0 Å². The van der Waals surface area contributed by atoms with Crippen LogP contribution in [0.2, 0.25) is 0 Å². The number of carbonyl (C=O) groups excluding carboxylic acids is 3. The molecule has 0 aromatic carbocycles. The molecule has 0 aliphatic carbocycles. The molecule has 0 fully saturated rings. The average Bonchev–Trinajstić information content (AvgIpc) is 1.93. The third-order valence-electron chi connectivity index (χ3n) is 1.47. The lowest BCUT2D eigenvalue weighted by atomic mass is 10.2. The van der Waals surface area contributed by atoms with Crippen molar-refractivity contribution in [2.24, 2.45) is 0 Å². The summed E-state index contributed by atoms with van der Waals surface area (Å²) in [5.41, 5.74) is -1.60. The van der Waals surface area contributed by atoms with Crippen molar-refractivity contribution in [3.05, 3.63) is 0 Å². The van der Waals surface area contributed by atoms with E-state index in [0.29, 0.717) is 4.90 Å². The Morgan fingerprint density at radius 2 is 1.06 bits per heavy atom. The fraction of sp³-hybridized carbons (Fsp3) is 0.750. The van der Waals surface area contributed by atoms with Gasteiger partial charge in [0, 0.05) is 6.92 Å². The summed E-state index contributed by atoms with van der Waals surface area (Å²) in [7, 11) is 0. The van der Waals surface area contributed by atoms with Crippen LogP contribution in [0.5, 0.6) is 0 Å². The molecule has 0 unspecified atom stereocenters. The summed E-state index contributed by atoms with van der Waals surface area (Å²) in [6, 6.07) is 0. The molecule has 0 rings (SSSR count). The van der Waals surface area contributed by atoms with E-state index in [4.69, 9.17) is 9.47 Å². The molecular weight excluding hydrogens is 238 g/mol. The normalized spacial score (nSPS) is 11.7. The number of amides is 3. The highest BCUT2D eigenvalue weighted by molar-refractivity contribution is 6.05. The van der Waals surface area contributed by atoms with E-state index in [1.54, 1.807) is 41.5 Å². The van der Waals surface area contributed by atoms with E-state index < -0.39 is 29.3 Å². The summed E-state index contributed by atoms with van der Waals surface area (Å²) < 4.78 is 9.92. The number of nitrogens with zero attached hydrogens (tertiary/aromatic N) is 1. The van der Waals surface area contributed by atoms with E-state index in [2.05, 4.69) is 0 Å². The second-order valence-corrected chi connectivity index (χ2v) is 5.82. The SMILES string of the molecule is CC(=O)N(C(=O)OC(C)(C)C)C(=O)OC(C)(C)C. The lowest BCUT2D eigenvalue weighted by molar-refractivity contribution is -0.127. The number of hydrogen-bond donors (Lipinski definition) is 0. The minimum atomic E-state index is -1.04. The lowest BCUT2D eigenvalue weighted by Crippen LogP contribution is -2.45. The van der Waals surface area contributed by atoms with E-state index in [0.717, 1.165) is 6.92 Å². The monoisotopic (exact) mass is 259 g/mol.